The second-order valence-corrected chi connectivity index (χ2v) is 32.7. The van der Waals surface area contributed by atoms with Gasteiger partial charge in [-0.15, -0.1) is 106 Å². The van der Waals surface area contributed by atoms with Crippen LogP contribution >= 0.6 is 0 Å². The van der Waals surface area contributed by atoms with Gasteiger partial charge in [-0.05, 0) is 190 Å². The fraction of sp³-hybridized carbons (Fsp3) is 0.208. The molecule has 0 aliphatic carbocycles. The van der Waals surface area contributed by atoms with E-state index in [1.165, 1.54) is 115 Å². The maximum absolute atomic E-state index is 10.0. The first-order valence-electron chi connectivity index (χ1n) is 39.4. The number of carbonyl (C=O) groups excluding carboxylic acids is 3. The number of nitrogens with zero attached hydrogens (tertiary/aromatic N) is 3. The second kappa shape index (κ2) is 43.2. The van der Waals surface area contributed by atoms with E-state index < -0.39 is 0 Å². The van der Waals surface area contributed by atoms with Gasteiger partial charge in [-0.1, -0.05) is 207 Å². The van der Waals surface area contributed by atoms with Crippen LogP contribution in [0, 0.1) is 45.9 Å². The number of furan rings is 3. The van der Waals surface area contributed by atoms with Crippen LogP contribution in [0.25, 0.3) is 134 Å². The number of aromatic nitrogens is 3. The molecule has 6 aromatic heterocycles. The average molecular weight is 2140 g/mol. The van der Waals surface area contributed by atoms with E-state index in [4.69, 9.17) is 43.5 Å². The summed E-state index contributed by atoms with van der Waals surface area (Å²) < 4.78 is 18.6. The van der Waals surface area contributed by atoms with Gasteiger partial charge in [0, 0.05) is 113 Å². The molecule has 6 heterocycles. The van der Waals surface area contributed by atoms with Crippen molar-refractivity contribution in [1.29, 1.82) is 0 Å². The molecule has 0 saturated heterocycles. The number of aliphatic hydroxyl groups excluding tert-OH is 3. The number of benzene rings is 9. The van der Waals surface area contributed by atoms with Crippen molar-refractivity contribution in [1.82, 2.24) is 15.0 Å². The van der Waals surface area contributed by atoms with Crippen LogP contribution in [0.1, 0.15) is 143 Å². The molecule has 0 unspecified atom stereocenters. The van der Waals surface area contributed by atoms with Crippen molar-refractivity contribution in [2.75, 3.05) is 0 Å². The van der Waals surface area contributed by atoms with Gasteiger partial charge in [-0.25, -0.2) is 0 Å². The van der Waals surface area contributed by atoms with Crippen LogP contribution in [0.5, 0.6) is 0 Å². The Bertz CT molecular complexity index is 6010. The number of ketones is 3. The molecule has 0 saturated carbocycles. The van der Waals surface area contributed by atoms with Gasteiger partial charge in [0.25, 0.3) is 0 Å². The number of allylic oxidation sites excluding steroid dienone is 6. The molecule has 9 aromatic carbocycles. The Kier molecular flexibility index (Phi) is 34.6. The molecule has 0 amide bonds. The predicted molar refractivity (Wildman–Crippen MR) is 484 cm³/mol. The molecule has 121 heavy (non-hydrogen) atoms. The standard InChI is InChI=1S/C33H32NO.C31H28NO.C27H20NO.3C5H8O2.3Ir/c1-32(2,3)26-18-25(19-27(20-26)33(4,5)6)31-21-29-30(35-31)16-15-28(34-29)24-14-10-13-23(17-24)22-11-8-7-9-12-22;1-20-16-25(31(3,4)5)17-21(2)30(20)29-19-27-28(33-29)15-14-26(32-27)24-13-9-12-23(18-24)22-10-7-6-8-11-22;1-18-13-19(2)15-23(14-18)27-17-25-26(29-27)12-11-24(28-25)22-10-6-9-21(16-22)20-7-4-3-5-8-20;3*1-4(6)3-5(2)7;;;/h7-13,15-21H,1-6H3;6-12,14-19H,1-5H3;3-9,11-17H,1-2H3;3*3,6H,1-2H3;;;/q3*-1;;;;;;. The number of aliphatic hydroxyl groups is 3. The van der Waals surface area contributed by atoms with E-state index in [-0.39, 0.29) is 111 Å². The van der Waals surface area contributed by atoms with E-state index >= 15 is 0 Å². The Labute approximate surface area is 753 Å². The summed E-state index contributed by atoms with van der Waals surface area (Å²) in [7, 11) is 0. The molecule has 0 aliphatic rings. The van der Waals surface area contributed by atoms with Crippen molar-refractivity contribution in [3.63, 3.8) is 0 Å². The Morgan fingerprint density at radius 3 is 0.876 bits per heavy atom. The van der Waals surface area contributed by atoms with Gasteiger partial charge < -0.3 is 28.6 Å². The van der Waals surface area contributed by atoms with E-state index in [0.717, 1.165) is 118 Å². The van der Waals surface area contributed by atoms with Crippen LogP contribution in [0.3, 0.4) is 0 Å². The Morgan fingerprint density at radius 1 is 0.314 bits per heavy atom. The second-order valence-electron chi connectivity index (χ2n) is 32.7. The minimum absolute atomic E-state index is 0. The number of hydrogen-bond acceptors (Lipinski definition) is 12. The van der Waals surface area contributed by atoms with E-state index in [0.29, 0.717) is 0 Å². The quantitative estimate of drug-likeness (QED) is 0.0597. The summed E-state index contributed by atoms with van der Waals surface area (Å²) in [4.78, 5) is 44.8. The summed E-state index contributed by atoms with van der Waals surface area (Å²) in [6.07, 6.45) is 3.50. The summed E-state index contributed by atoms with van der Waals surface area (Å²) in [5.41, 5.74) is 30.0. The zero-order valence-corrected chi connectivity index (χ0v) is 79.2. The largest absolute Gasteiger partial charge is 0.512 e. The molecular weight excluding hydrogens is 2040 g/mol. The normalized spacial score (nSPS) is 11.4. The fourth-order valence-electron chi connectivity index (χ4n) is 13.3. The smallest absolute Gasteiger partial charge is 0.155 e. The van der Waals surface area contributed by atoms with Crippen LogP contribution in [0.15, 0.2) is 297 Å². The van der Waals surface area contributed by atoms with Crippen LogP contribution < -0.4 is 0 Å². The SMILES string of the molecule is CC(=O)C=C(C)O.CC(=O)C=C(C)O.CC(=O)C=C(C)O.CC(C)(C)c1cc(-c2cc3nc(-c4[c-]ccc(-c5ccccc5)c4)ccc3o2)cc(C(C)(C)C)c1.Cc1cc(C(C)(C)C)cc(C)c1-c1cc2nc(-c3[c-]ccc(-c4ccccc4)c3)ccc2o1.Cc1cc(C)cc(-c2cc3nc(-c4[c-]ccc(-c5ccccc5)c4)ccc3o2)c1.[Ir].[Ir].[Ir]. The Balaban J connectivity index is 0.000000221. The number of hydrogen-bond donors (Lipinski definition) is 3. The average Bonchev–Trinajstić information content (AvgIpc) is 1.40. The van der Waals surface area contributed by atoms with Crippen molar-refractivity contribution < 1.29 is 103 Å². The molecule has 627 valence electrons. The van der Waals surface area contributed by atoms with Gasteiger partial charge in [0.15, 0.2) is 34.1 Å². The molecule has 12 nitrogen and oxygen atoms in total. The molecular formula is C106H104Ir3N3O9-3. The minimum atomic E-state index is -0.125. The molecule has 3 N–H and O–H groups in total. The van der Waals surface area contributed by atoms with Crippen LogP contribution in [-0.2, 0) is 90.9 Å². The molecule has 0 fully saturated rings. The Hall–Kier alpha value is -11.4. The monoisotopic (exact) mass is 2140 g/mol. The van der Waals surface area contributed by atoms with Crippen LogP contribution in [-0.4, -0.2) is 47.6 Å². The number of fused-ring (bicyclic) bond motifs is 3. The number of pyridine rings is 3. The van der Waals surface area contributed by atoms with Crippen LogP contribution in [0.4, 0.5) is 0 Å². The molecule has 15 rings (SSSR count). The first-order chi connectivity index (χ1) is 55.9. The fourth-order valence-corrected chi connectivity index (χ4v) is 13.3. The topological polar surface area (TPSA) is 190 Å². The van der Waals surface area contributed by atoms with Gasteiger partial charge in [-0.2, -0.15) is 0 Å². The molecule has 0 atom stereocenters. The van der Waals surface area contributed by atoms with Gasteiger partial charge in [0.1, 0.15) is 17.3 Å². The van der Waals surface area contributed by atoms with Crippen LogP contribution in [0.2, 0.25) is 0 Å². The van der Waals surface area contributed by atoms with E-state index in [2.05, 4.69) is 278 Å². The molecule has 0 spiro atoms. The first kappa shape index (κ1) is 96.8. The summed E-state index contributed by atoms with van der Waals surface area (Å²) in [6, 6.07) is 95.7. The van der Waals surface area contributed by atoms with E-state index in [1.54, 1.807) is 0 Å². The van der Waals surface area contributed by atoms with E-state index in [9.17, 15) is 14.4 Å². The molecule has 15 aromatic rings. The minimum Gasteiger partial charge on any atom is -0.512 e. The molecule has 0 aliphatic heterocycles. The third kappa shape index (κ3) is 27.6. The summed E-state index contributed by atoms with van der Waals surface area (Å²) in [5.74, 6) is 2.38. The number of carbonyl (C=O) groups is 3. The summed E-state index contributed by atoms with van der Waals surface area (Å²) in [5, 5.41) is 25.1. The van der Waals surface area contributed by atoms with E-state index in [1.807, 2.05) is 78.9 Å². The zero-order valence-electron chi connectivity index (χ0n) is 72.0. The Morgan fingerprint density at radius 2 is 0.595 bits per heavy atom. The number of aryl methyl sites for hydroxylation is 4. The summed E-state index contributed by atoms with van der Waals surface area (Å²) >= 11 is 0. The third-order valence-corrected chi connectivity index (χ3v) is 19.0. The molecule has 0 bridgehead atoms. The van der Waals surface area contributed by atoms with Crippen molar-refractivity contribution in [2.24, 2.45) is 0 Å². The summed E-state index contributed by atoms with van der Waals surface area (Å²) in [6.45, 7) is 37.3. The number of rotatable bonds is 12. The zero-order chi connectivity index (χ0) is 85.3. The van der Waals surface area contributed by atoms with Crippen molar-refractivity contribution in [3.8, 4) is 101 Å². The van der Waals surface area contributed by atoms with Crippen molar-refractivity contribution in [3.05, 3.63) is 341 Å². The van der Waals surface area contributed by atoms with Gasteiger partial charge in [0.2, 0.25) is 0 Å². The van der Waals surface area contributed by atoms with Gasteiger partial charge >= 0.3 is 0 Å². The first-order valence-corrected chi connectivity index (χ1v) is 39.4. The maximum atomic E-state index is 10.0. The molecule has 3 radical (unpaired) electrons. The molecule has 15 heteroatoms. The third-order valence-electron chi connectivity index (χ3n) is 19.0. The maximum Gasteiger partial charge on any atom is 0.155 e. The van der Waals surface area contributed by atoms with Crippen molar-refractivity contribution in [2.45, 2.75) is 148 Å². The predicted octanol–water partition coefficient (Wildman–Crippen LogP) is 28.1. The van der Waals surface area contributed by atoms with Gasteiger partial charge in [-0.3, -0.25) is 29.3 Å². The van der Waals surface area contributed by atoms with Crippen molar-refractivity contribution >= 4 is 50.6 Å². The van der Waals surface area contributed by atoms with Gasteiger partial charge in [0.05, 0.1) is 33.8 Å².